The number of unbranched alkanes of at least 4 members (excludes halogenated alkanes) is 2. The summed E-state index contributed by atoms with van der Waals surface area (Å²) in [6.45, 7) is 2.78. The molecule has 3 aromatic rings. The molecule has 0 spiro atoms. The molecule has 2 aromatic carbocycles. The van der Waals surface area contributed by atoms with Gasteiger partial charge in [-0.05, 0) is 80.6 Å². The Morgan fingerprint density at radius 3 is 2.16 bits per heavy atom. The Labute approximate surface area is 215 Å². The number of alkyl halides is 3. The van der Waals surface area contributed by atoms with Crippen LogP contribution in [-0.4, -0.2) is 22.7 Å². The number of benzene rings is 2. The first-order valence-electron chi connectivity index (χ1n) is 12.9. The van der Waals surface area contributed by atoms with Gasteiger partial charge in [0.25, 0.3) is 0 Å². The molecular weight excluding hydrogens is 481 g/mol. The zero-order valence-corrected chi connectivity index (χ0v) is 21.0. The van der Waals surface area contributed by atoms with Crippen LogP contribution in [0.2, 0.25) is 0 Å². The van der Waals surface area contributed by atoms with Crippen LogP contribution in [0.5, 0.6) is 11.5 Å². The van der Waals surface area contributed by atoms with Crippen LogP contribution in [0.1, 0.15) is 63.9 Å². The number of halogens is 3. The monoisotopic (exact) mass is 514 g/mol. The highest BCUT2D eigenvalue weighted by Gasteiger charge is 2.35. The average Bonchev–Trinajstić information content (AvgIpc) is 2.89. The first-order chi connectivity index (χ1) is 17.9. The van der Waals surface area contributed by atoms with Crippen LogP contribution in [0.4, 0.5) is 36.3 Å². The Hall–Kier alpha value is -3.49. The van der Waals surface area contributed by atoms with Crippen molar-refractivity contribution >= 4 is 23.1 Å². The summed E-state index contributed by atoms with van der Waals surface area (Å²) in [6.07, 6.45) is 5.20. The maximum absolute atomic E-state index is 13.7. The SMILES string of the molecule is CCCCCOc1ccc(Nc2ncc(C(F)(F)F)c(Nc3ccc(OC4CCCCC4)cc3)n2)cc1. The van der Waals surface area contributed by atoms with E-state index in [0.717, 1.165) is 56.9 Å². The molecule has 1 aliphatic rings. The fraction of sp³-hybridized carbons (Fsp3) is 0.429. The normalized spacial score (nSPS) is 14.3. The number of nitrogens with zero attached hydrogens (tertiary/aromatic N) is 2. The van der Waals surface area contributed by atoms with Gasteiger partial charge in [0, 0.05) is 17.6 Å². The van der Waals surface area contributed by atoms with Crippen molar-refractivity contribution in [3.05, 3.63) is 60.3 Å². The largest absolute Gasteiger partial charge is 0.494 e. The van der Waals surface area contributed by atoms with E-state index >= 15 is 0 Å². The number of aromatic nitrogens is 2. The molecule has 2 N–H and O–H groups in total. The van der Waals surface area contributed by atoms with Crippen molar-refractivity contribution in [2.45, 2.75) is 70.6 Å². The summed E-state index contributed by atoms with van der Waals surface area (Å²) in [5.74, 6) is 1.15. The second-order valence-corrected chi connectivity index (χ2v) is 9.19. The topological polar surface area (TPSA) is 68.3 Å². The van der Waals surface area contributed by atoms with E-state index in [1.807, 2.05) is 0 Å². The van der Waals surface area contributed by atoms with E-state index in [1.165, 1.54) is 6.42 Å². The van der Waals surface area contributed by atoms with Crippen LogP contribution in [0, 0.1) is 0 Å². The number of nitrogens with one attached hydrogen (secondary N) is 2. The van der Waals surface area contributed by atoms with Gasteiger partial charge in [0.15, 0.2) is 0 Å². The van der Waals surface area contributed by atoms with E-state index in [0.29, 0.717) is 23.7 Å². The fourth-order valence-corrected chi connectivity index (χ4v) is 4.18. The molecule has 0 atom stereocenters. The van der Waals surface area contributed by atoms with Gasteiger partial charge in [-0.1, -0.05) is 26.2 Å². The fourth-order valence-electron chi connectivity index (χ4n) is 4.18. The van der Waals surface area contributed by atoms with Crippen molar-refractivity contribution < 1.29 is 22.6 Å². The quantitative estimate of drug-likeness (QED) is 0.251. The van der Waals surface area contributed by atoms with Crippen LogP contribution in [0.25, 0.3) is 0 Å². The molecule has 0 bridgehead atoms. The van der Waals surface area contributed by atoms with Gasteiger partial charge in [0.2, 0.25) is 5.95 Å². The molecule has 1 fully saturated rings. The van der Waals surface area contributed by atoms with Gasteiger partial charge in [-0.2, -0.15) is 18.2 Å². The molecule has 1 saturated carbocycles. The molecule has 37 heavy (non-hydrogen) atoms. The highest BCUT2D eigenvalue weighted by atomic mass is 19.4. The van der Waals surface area contributed by atoms with E-state index in [-0.39, 0.29) is 17.9 Å². The molecule has 4 rings (SSSR count). The third-order valence-electron chi connectivity index (χ3n) is 6.19. The summed E-state index contributed by atoms with van der Waals surface area (Å²) in [5.41, 5.74) is 0.156. The Balaban J connectivity index is 1.43. The molecule has 0 amide bonds. The zero-order chi connectivity index (χ0) is 26.1. The summed E-state index contributed by atoms with van der Waals surface area (Å²) in [7, 11) is 0. The lowest BCUT2D eigenvalue weighted by atomic mass is 9.98. The summed E-state index contributed by atoms with van der Waals surface area (Å²) in [5, 5.41) is 5.75. The first kappa shape index (κ1) is 26.6. The van der Waals surface area contributed by atoms with Crippen LogP contribution in [0.15, 0.2) is 54.7 Å². The molecule has 0 saturated heterocycles. The van der Waals surface area contributed by atoms with Gasteiger partial charge in [-0.3, -0.25) is 0 Å². The van der Waals surface area contributed by atoms with Gasteiger partial charge in [0.05, 0.1) is 12.7 Å². The lowest BCUT2D eigenvalue weighted by Gasteiger charge is -2.23. The third-order valence-corrected chi connectivity index (χ3v) is 6.19. The molecule has 6 nitrogen and oxygen atoms in total. The standard InChI is InChI=1S/C28H33F3N4O2/c1-2-3-7-18-36-22-14-10-21(11-15-22)34-27-32-19-25(28(29,30)31)26(35-27)33-20-12-16-24(17-13-20)37-23-8-5-4-6-9-23/h10-17,19,23H,2-9,18H2,1H3,(H2,32,33,34,35). The van der Waals surface area contributed by atoms with Crippen LogP contribution in [0.3, 0.4) is 0 Å². The molecule has 0 unspecified atom stereocenters. The maximum atomic E-state index is 13.7. The average molecular weight is 515 g/mol. The van der Waals surface area contributed by atoms with Gasteiger partial charge in [-0.15, -0.1) is 0 Å². The minimum Gasteiger partial charge on any atom is -0.494 e. The Morgan fingerprint density at radius 1 is 0.865 bits per heavy atom. The van der Waals surface area contributed by atoms with Crippen LogP contribution in [-0.2, 0) is 6.18 Å². The van der Waals surface area contributed by atoms with E-state index in [9.17, 15) is 13.2 Å². The molecule has 1 aliphatic carbocycles. The van der Waals surface area contributed by atoms with Crippen molar-refractivity contribution in [3.63, 3.8) is 0 Å². The molecule has 198 valence electrons. The second kappa shape index (κ2) is 12.7. The van der Waals surface area contributed by atoms with E-state index in [2.05, 4.69) is 27.5 Å². The molecule has 0 radical (unpaired) electrons. The predicted octanol–water partition coefficient (Wildman–Crippen LogP) is 8.26. The lowest BCUT2D eigenvalue weighted by Crippen LogP contribution is -2.19. The van der Waals surface area contributed by atoms with Gasteiger partial charge >= 0.3 is 6.18 Å². The van der Waals surface area contributed by atoms with Crippen molar-refractivity contribution in [1.82, 2.24) is 9.97 Å². The first-order valence-corrected chi connectivity index (χ1v) is 12.9. The Kier molecular flexibility index (Phi) is 9.09. The predicted molar refractivity (Wildman–Crippen MR) is 139 cm³/mol. The summed E-state index contributed by atoms with van der Waals surface area (Å²) >= 11 is 0. The van der Waals surface area contributed by atoms with Crippen molar-refractivity contribution in [2.24, 2.45) is 0 Å². The minimum atomic E-state index is -4.61. The lowest BCUT2D eigenvalue weighted by molar-refractivity contribution is -0.137. The molecule has 9 heteroatoms. The molecular formula is C28H33F3N4O2. The van der Waals surface area contributed by atoms with Crippen LogP contribution >= 0.6 is 0 Å². The zero-order valence-electron chi connectivity index (χ0n) is 21.0. The minimum absolute atomic E-state index is 0.0457. The Morgan fingerprint density at radius 2 is 1.51 bits per heavy atom. The maximum Gasteiger partial charge on any atom is 0.421 e. The van der Waals surface area contributed by atoms with E-state index in [4.69, 9.17) is 9.47 Å². The molecule has 1 aromatic heterocycles. The smallest absolute Gasteiger partial charge is 0.421 e. The van der Waals surface area contributed by atoms with Crippen molar-refractivity contribution in [1.29, 1.82) is 0 Å². The number of hydrogen-bond donors (Lipinski definition) is 2. The highest BCUT2D eigenvalue weighted by Crippen LogP contribution is 2.36. The van der Waals surface area contributed by atoms with Gasteiger partial charge < -0.3 is 20.1 Å². The molecule has 0 aliphatic heterocycles. The van der Waals surface area contributed by atoms with Crippen molar-refractivity contribution in [3.8, 4) is 11.5 Å². The Bertz CT molecular complexity index is 1120. The summed E-state index contributed by atoms with van der Waals surface area (Å²) in [6, 6.07) is 14.0. The van der Waals surface area contributed by atoms with Gasteiger partial charge in [0.1, 0.15) is 22.9 Å². The highest BCUT2D eigenvalue weighted by molar-refractivity contribution is 5.63. The van der Waals surface area contributed by atoms with E-state index in [1.54, 1.807) is 48.5 Å². The molecule has 1 heterocycles. The number of anilines is 4. The van der Waals surface area contributed by atoms with E-state index < -0.39 is 11.7 Å². The third kappa shape index (κ3) is 8.00. The van der Waals surface area contributed by atoms with Gasteiger partial charge in [-0.25, -0.2) is 4.98 Å². The second-order valence-electron chi connectivity index (χ2n) is 9.19. The summed E-state index contributed by atoms with van der Waals surface area (Å²) < 4.78 is 52.7. The summed E-state index contributed by atoms with van der Waals surface area (Å²) in [4.78, 5) is 8.00. The number of rotatable bonds is 11. The van der Waals surface area contributed by atoms with Crippen LogP contribution < -0.4 is 20.1 Å². The van der Waals surface area contributed by atoms with Crippen molar-refractivity contribution in [2.75, 3.05) is 17.2 Å². The number of hydrogen-bond acceptors (Lipinski definition) is 6. The number of ether oxygens (including phenoxy) is 2.